The summed E-state index contributed by atoms with van der Waals surface area (Å²) in [7, 11) is 1.32. The van der Waals surface area contributed by atoms with Gasteiger partial charge in [-0.3, -0.25) is 14.9 Å². The van der Waals surface area contributed by atoms with Crippen LogP contribution in [0.4, 0.5) is 0 Å². The second kappa shape index (κ2) is 7.23. The Balaban J connectivity index is 4.07. The van der Waals surface area contributed by atoms with E-state index in [1.807, 2.05) is 13.8 Å². The van der Waals surface area contributed by atoms with Crippen LogP contribution in [0.25, 0.3) is 0 Å². The monoisotopic (exact) mass is 217 g/mol. The lowest BCUT2D eigenvalue weighted by molar-refractivity contribution is -0.145. The number of carbonyl (C=O) groups excluding carboxylic acids is 2. The first-order valence-electron chi connectivity index (χ1n) is 4.99. The van der Waals surface area contributed by atoms with Crippen LogP contribution in [0.5, 0.6) is 0 Å². The van der Waals surface area contributed by atoms with Gasteiger partial charge in [0.15, 0.2) is 0 Å². The summed E-state index contributed by atoms with van der Waals surface area (Å²) in [6, 6.07) is -0.473. The van der Waals surface area contributed by atoms with Crippen LogP contribution in [0.2, 0.25) is 0 Å². The molecule has 0 aromatic heterocycles. The van der Waals surface area contributed by atoms with Crippen molar-refractivity contribution in [2.24, 2.45) is 5.92 Å². The van der Waals surface area contributed by atoms with Crippen LogP contribution in [0.15, 0.2) is 0 Å². The third kappa shape index (κ3) is 5.37. The Labute approximate surface area is 90.1 Å². The minimum Gasteiger partial charge on any atom is -0.468 e. The summed E-state index contributed by atoms with van der Waals surface area (Å²) < 4.78 is 9.34. The summed E-state index contributed by atoms with van der Waals surface area (Å²) in [6.45, 7) is 5.84. The highest BCUT2D eigenvalue weighted by Gasteiger charge is 2.23. The second-order valence-corrected chi connectivity index (χ2v) is 3.43. The number of nitrogens with one attached hydrogen (secondary N) is 1. The lowest BCUT2D eigenvalue weighted by Gasteiger charge is -2.19. The number of rotatable bonds is 6. The van der Waals surface area contributed by atoms with Crippen molar-refractivity contribution in [3.8, 4) is 0 Å². The van der Waals surface area contributed by atoms with Crippen LogP contribution >= 0.6 is 0 Å². The van der Waals surface area contributed by atoms with Gasteiger partial charge < -0.3 is 9.47 Å². The van der Waals surface area contributed by atoms with Gasteiger partial charge in [-0.25, -0.2) is 0 Å². The highest BCUT2D eigenvalue weighted by molar-refractivity contribution is 5.77. The third-order valence-corrected chi connectivity index (χ3v) is 1.89. The van der Waals surface area contributed by atoms with Crippen LogP contribution in [0.3, 0.4) is 0 Å². The number of hydrogen-bond donors (Lipinski definition) is 1. The molecule has 0 bridgehead atoms. The Hall–Kier alpha value is -1.10. The van der Waals surface area contributed by atoms with Crippen molar-refractivity contribution in [1.29, 1.82) is 0 Å². The first kappa shape index (κ1) is 13.9. The minimum absolute atomic E-state index is 0.0196. The Kier molecular flexibility index (Phi) is 6.70. The van der Waals surface area contributed by atoms with Crippen LogP contribution < -0.4 is 5.32 Å². The van der Waals surface area contributed by atoms with Crippen LogP contribution in [0, 0.1) is 5.92 Å². The molecule has 0 amide bonds. The average molecular weight is 217 g/mol. The quantitative estimate of drug-likeness (QED) is 0.650. The van der Waals surface area contributed by atoms with Crippen molar-refractivity contribution < 1.29 is 19.1 Å². The van der Waals surface area contributed by atoms with Crippen molar-refractivity contribution in [2.45, 2.75) is 26.8 Å². The predicted molar refractivity (Wildman–Crippen MR) is 55.3 cm³/mol. The minimum atomic E-state index is -0.473. The molecule has 0 heterocycles. The summed E-state index contributed by atoms with van der Waals surface area (Å²) in [5, 5.41) is 2.81. The first-order chi connectivity index (χ1) is 7.02. The zero-order chi connectivity index (χ0) is 11.8. The molecule has 0 rings (SSSR count). The van der Waals surface area contributed by atoms with E-state index >= 15 is 0 Å². The predicted octanol–water partition coefficient (Wildman–Crippen LogP) is 0.337. The van der Waals surface area contributed by atoms with Gasteiger partial charge in [-0.1, -0.05) is 13.8 Å². The van der Waals surface area contributed by atoms with E-state index in [-0.39, 0.29) is 24.4 Å². The fraction of sp³-hybridized carbons (Fsp3) is 0.800. The number of carbonyl (C=O) groups is 2. The SMILES string of the molecule is CCOC(=O)CNC(C(=O)OC)C(C)C. The molecule has 0 aliphatic rings. The smallest absolute Gasteiger partial charge is 0.323 e. The van der Waals surface area contributed by atoms with Gasteiger partial charge >= 0.3 is 11.9 Å². The van der Waals surface area contributed by atoms with Crippen molar-refractivity contribution in [2.75, 3.05) is 20.3 Å². The molecular formula is C10H19NO4. The topological polar surface area (TPSA) is 64.6 Å². The van der Waals surface area contributed by atoms with Gasteiger partial charge in [0, 0.05) is 0 Å². The van der Waals surface area contributed by atoms with Gasteiger partial charge in [0.25, 0.3) is 0 Å². The van der Waals surface area contributed by atoms with Gasteiger partial charge in [-0.2, -0.15) is 0 Å². The molecule has 1 N–H and O–H groups in total. The summed E-state index contributed by atoms with van der Waals surface area (Å²) >= 11 is 0. The number of hydrogen-bond acceptors (Lipinski definition) is 5. The van der Waals surface area contributed by atoms with E-state index in [1.165, 1.54) is 7.11 Å². The molecule has 88 valence electrons. The molecule has 0 saturated carbocycles. The molecule has 0 aliphatic carbocycles. The fourth-order valence-electron chi connectivity index (χ4n) is 1.12. The molecule has 0 aromatic rings. The number of methoxy groups -OCH3 is 1. The van der Waals surface area contributed by atoms with Gasteiger partial charge in [-0.15, -0.1) is 0 Å². The highest BCUT2D eigenvalue weighted by Crippen LogP contribution is 2.02. The van der Waals surface area contributed by atoms with Crippen LogP contribution in [0.1, 0.15) is 20.8 Å². The van der Waals surface area contributed by atoms with Gasteiger partial charge in [0.05, 0.1) is 20.3 Å². The highest BCUT2D eigenvalue weighted by atomic mass is 16.5. The van der Waals surface area contributed by atoms with Crippen LogP contribution in [-0.4, -0.2) is 38.2 Å². The molecule has 5 nitrogen and oxygen atoms in total. The normalized spacial score (nSPS) is 12.3. The van der Waals surface area contributed by atoms with E-state index in [2.05, 4.69) is 10.1 Å². The van der Waals surface area contributed by atoms with E-state index in [0.717, 1.165) is 0 Å². The second-order valence-electron chi connectivity index (χ2n) is 3.43. The first-order valence-corrected chi connectivity index (χ1v) is 4.99. The van der Waals surface area contributed by atoms with E-state index in [9.17, 15) is 9.59 Å². The molecule has 15 heavy (non-hydrogen) atoms. The molecular weight excluding hydrogens is 198 g/mol. The summed E-state index contributed by atoms with van der Waals surface area (Å²) in [5.74, 6) is -0.673. The lowest BCUT2D eigenvalue weighted by Crippen LogP contribution is -2.44. The Morgan fingerprint density at radius 3 is 2.33 bits per heavy atom. The van der Waals surface area contributed by atoms with Crippen molar-refractivity contribution in [3.05, 3.63) is 0 Å². The van der Waals surface area contributed by atoms with Crippen molar-refractivity contribution >= 4 is 11.9 Å². The summed E-state index contributed by atoms with van der Waals surface area (Å²) in [4.78, 5) is 22.3. The molecule has 0 radical (unpaired) electrons. The van der Waals surface area contributed by atoms with Gasteiger partial charge in [0.1, 0.15) is 6.04 Å². The zero-order valence-electron chi connectivity index (χ0n) is 9.70. The van der Waals surface area contributed by atoms with Crippen molar-refractivity contribution in [1.82, 2.24) is 5.32 Å². The molecule has 0 saturated heterocycles. The zero-order valence-corrected chi connectivity index (χ0v) is 9.70. The standard InChI is InChI=1S/C10H19NO4/c1-5-15-8(12)6-11-9(7(2)3)10(13)14-4/h7,9,11H,5-6H2,1-4H3. The summed E-state index contributed by atoms with van der Waals surface area (Å²) in [5.41, 5.74) is 0. The molecule has 1 atom stereocenters. The molecule has 0 spiro atoms. The average Bonchev–Trinajstić information content (AvgIpc) is 2.17. The third-order valence-electron chi connectivity index (χ3n) is 1.89. The summed E-state index contributed by atoms with van der Waals surface area (Å²) in [6.07, 6.45) is 0. The number of esters is 2. The largest absolute Gasteiger partial charge is 0.468 e. The fourth-order valence-corrected chi connectivity index (χ4v) is 1.12. The van der Waals surface area contributed by atoms with E-state index in [0.29, 0.717) is 6.61 Å². The molecule has 0 aromatic carbocycles. The Morgan fingerprint density at radius 2 is 1.93 bits per heavy atom. The van der Waals surface area contributed by atoms with E-state index in [4.69, 9.17) is 4.74 Å². The van der Waals surface area contributed by atoms with E-state index in [1.54, 1.807) is 6.92 Å². The van der Waals surface area contributed by atoms with Crippen LogP contribution in [-0.2, 0) is 19.1 Å². The Morgan fingerprint density at radius 1 is 1.33 bits per heavy atom. The van der Waals surface area contributed by atoms with Gasteiger partial charge in [0.2, 0.25) is 0 Å². The molecule has 0 fully saturated rings. The van der Waals surface area contributed by atoms with Crippen molar-refractivity contribution in [3.63, 3.8) is 0 Å². The molecule has 1 unspecified atom stereocenters. The molecule has 5 heteroatoms. The molecule has 0 aliphatic heterocycles. The maximum absolute atomic E-state index is 11.3. The maximum Gasteiger partial charge on any atom is 0.323 e. The number of ether oxygens (including phenoxy) is 2. The maximum atomic E-state index is 11.3. The van der Waals surface area contributed by atoms with Gasteiger partial charge in [-0.05, 0) is 12.8 Å². The lowest BCUT2D eigenvalue weighted by atomic mass is 10.1. The van der Waals surface area contributed by atoms with E-state index < -0.39 is 6.04 Å². The Bertz CT molecular complexity index is 215.